The van der Waals surface area contributed by atoms with Crippen LogP contribution in [0, 0.1) is 39.9 Å². The maximum absolute atomic E-state index is 9.91. The maximum Gasteiger partial charge on any atom is 0.168 e. The van der Waals surface area contributed by atoms with Gasteiger partial charge in [-0.1, -0.05) is 30.5 Å². The van der Waals surface area contributed by atoms with Gasteiger partial charge in [-0.25, -0.2) is 0 Å². The quantitative estimate of drug-likeness (QED) is 0.597. The van der Waals surface area contributed by atoms with Crippen molar-refractivity contribution in [2.75, 3.05) is 19.8 Å². The number of nitriles is 2. The highest BCUT2D eigenvalue weighted by atomic mass is 16.7. The van der Waals surface area contributed by atoms with Crippen LogP contribution in [-0.4, -0.2) is 46.4 Å². The minimum atomic E-state index is -1.22. The average Bonchev–Trinajstić information content (AvgIpc) is 3.04. The van der Waals surface area contributed by atoms with E-state index < -0.39 is 16.5 Å². The van der Waals surface area contributed by atoms with Gasteiger partial charge in [0.1, 0.15) is 22.3 Å². The highest BCUT2D eigenvalue weighted by Gasteiger charge is 2.63. The fraction of sp³-hybridized carbons (Fsp3) is 0.765. The number of rotatable bonds is 3. The van der Waals surface area contributed by atoms with Gasteiger partial charge in [0.05, 0.1) is 25.4 Å². The van der Waals surface area contributed by atoms with Crippen molar-refractivity contribution in [3.8, 4) is 24.0 Å². The first kappa shape index (κ1) is 18.9. The highest BCUT2D eigenvalue weighted by Crippen LogP contribution is 2.70. The zero-order valence-corrected chi connectivity index (χ0v) is 14.8. The van der Waals surface area contributed by atoms with Crippen LogP contribution >= 0.6 is 0 Å². The molecule has 2 unspecified atom stereocenters. The van der Waals surface area contributed by atoms with Crippen LogP contribution in [0.15, 0.2) is 0 Å². The zero-order valence-electron chi connectivity index (χ0n) is 14.8. The maximum atomic E-state index is 9.91. The highest BCUT2D eigenvalue weighted by molar-refractivity contribution is 6.27. The summed E-state index contributed by atoms with van der Waals surface area (Å²) in [5.74, 6) is 4.82. The van der Waals surface area contributed by atoms with E-state index in [2.05, 4.69) is 38.7 Å². The van der Waals surface area contributed by atoms with Crippen LogP contribution in [0.25, 0.3) is 0 Å². The summed E-state index contributed by atoms with van der Waals surface area (Å²) in [6.45, 7) is 3.02. The fourth-order valence-corrected chi connectivity index (χ4v) is 4.40. The second-order valence-electron chi connectivity index (χ2n) is 7.35. The number of hydrogen-bond acceptors (Lipinski definition) is 5. The number of aliphatic hydroxyl groups excluding tert-OH is 1. The molecule has 2 atom stereocenters. The van der Waals surface area contributed by atoms with E-state index >= 15 is 0 Å². The second-order valence-corrected chi connectivity index (χ2v) is 7.35. The molecular formula is C17H24B2N2O3. The van der Waals surface area contributed by atoms with E-state index in [0.717, 1.165) is 6.42 Å². The Bertz CT molecular complexity index is 610. The molecule has 1 spiro atoms. The van der Waals surface area contributed by atoms with Gasteiger partial charge in [-0.15, -0.1) is 0 Å². The zero-order chi connectivity index (χ0) is 17.9. The molecule has 5 nitrogen and oxygen atoms in total. The molecule has 0 aromatic carbocycles. The van der Waals surface area contributed by atoms with Crippen molar-refractivity contribution < 1.29 is 14.6 Å². The molecule has 0 bridgehead atoms. The molecule has 1 N–H and O–H groups in total. The summed E-state index contributed by atoms with van der Waals surface area (Å²) in [6, 6.07) is 4.55. The standard InChI is InChI=1S/C17H24B2N2O3/c1-2-15(18)11-16(23-9-10-24-16)6-7-17(15,19)14(12-20,13-21)5-3-4-8-22/h22H,2,5-11,18-19H2,1H3. The van der Waals surface area contributed by atoms with Gasteiger partial charge in [0.2, 0.25) is 0 Å². The Labute approximate surface area is 146 Å². The minimum Gasteiger partial charge on any atom is -0.384 e. The van der Waals surface area contributed by atoms with Gasteiger partial charge in [-0.2, -0.15) is 10.5 Å². The van der Waals surface area contributed by atoms with E-state index in [4.69, 9.17) is 14.6 Å². The van der Waals surface area contributed by atoms with Crippen molar-refractivity contribution in [1.82, 2.24) is 0 Å². The molecule has 0 aromatic rings. The number of hydrogen-bond donors (Lipinski definition) is 1. The van der Waals surface area contributed by atoms with Crippen LogP contribution in [0.2, 0.25) is 10.6 Å². The molecule has 1 heterocycles. The third-order valence-corrected chi connectivity index (χ3v) is 6.47. The van der Waals surface area contributed by atoms with Gasteiger partial charge in [0, 0.05) is 12.8 Å². The monoisotopic (exact) mass is 326 g/mol. The van der Waals surface area contributed by atoms with Crippen LogP contribution in [0.5, 0.6) is 0 Å². The first-order valence-electron chi connectivity index (χ1n) is 8.53. The Kier molecular flexibility index (Phi) is 5.36. The molecule has 1 saturated heterocycles. The average molecular weight is 326 g/mol. The smallest absolute Gasteiger partial charge is 0.168 e. The molecule has 0 amide bonds. The Balaban J connectivity index is 2.44. The molecule has 1 aliphatic carbocycles. The summed E-state index contributed by atoms with van der Waals surface area (Å²) in [7, 11) is 4.16. The van der Waals surface area contributed by atoms with Crippen LogP contribution in [0.3, 0.4) is 0 Å². The summed E-state index contributed by atoms with van der Waals surface area (Å²) < 4.78 is 11.8. The van der Waals surface area contributed by atoms with Gasteiger partial charge in [0.25, 0.3) is 0 Å². The lowest BCUT2D eigenvalue weighted by molar-refractivity contribution is -0.193. The second kappa shape index (κ2) is 6.81. The van der Waals surface area contributed by atoms with E-state index in [9.17, 15) is 10.5 Å². The lowest BCUT2D eigenvalue weighted by Gasteiger charge is -2.58. The molecule has 126 valence electrons. The minimum absolute atomic E-state index is 0.140. The van der Waals surface area contributed by atoms with Gasteiger partial charge in [-0.3, -0.25) is 0 Å². The Morgan fingerprint density at radius 2 is 1.75 bits per heavy atom. The van der Waals surface area contributed by atoms with E-state index in [1.807, 2.05) is 7.85 Å². The molecule has 2 fully saturated rings. The van der Waals surface area contributed by atoms with E-state index in [-0.39, 0.29) is 18.3 Å². The molecule has 0 aromatic heterocycles. The van der Waals surface area contributed by atoms with Crippen LogP contribution in [0.4, 0.5) is 0 Å². The third-order valence-electron chi connectivity index (χ3n) is 6.47. The normalized spacial score (nSPS) is 31.7. The molecule has 2 aliphatic rings. The van der Waals surface area contributed by atoms with Crippen LogP contribution in [-0.2, 0) is 9.47 Å². The Morgan fingerprint density at radius 3 is 2.25 bits per heavy atom. The van der Waals surface area contributed by atoms with Gasteiger partial charge >= 0.3 is 0 Å². The molecule has 24 heavy (non-hydrogen) atoms. The van der Waals surface area contributed by atoms with Crippen molar-refractivity contribution in [3.05, 3.63) is 0 Å². The number of ether oxygens (including phenoxy) is 2. The largest absolute Gasteiger partial charge is 0.384 e. The van der Waals surface area contributed by atoms with Crippen molar-refractivity contribution in [3.63, 3.8) is 0 Å². The van der Waals surface area contributed by atoms with Crippen molar-refractivity contribution >= 4 is 15.7 Å². The lowest BCUT2D eigenvalue weighted by Crippen LogP contribution is -2.53. The summed E-state index contributed by atoms with van der Waals surface area (Å²) >= 11 is 0. The SMILES string of the molecule is BC1(CC)CC2(CCC1(B)C(C#N)(C#N)CC#CCO)OCCO2. The van der Waals surface area contributed by atoms with E-state index in [1.54, 1.807) is 0 Å². The van der Waals surface area contributed by atoms with E-state index in [1.165, 1.54) is 0 Å². The first-order valence-corrected chi connectivity index (χ1v) is 8.53. The fourth-order valence-electron chi connectivity index (χ4n) is 4.40. The molecule has 2 rings (SSSR count). The lowest BCUT2D eigenvalue weighted by atomic mass is 9.31. The molecular weight excluding hydrogens is 302 g/mol. The summed E-state index contributed by atoms with van der Waals surface area (Å²) in [5, 5.41) is 27.9. The topological polar surface area (TPSA) is 86.3 Å². The van der Waals surface area contributed by atoms with Crippen LogP contribution < -0.4 is 0 Å². The molecule has 0 radical (unpaired) electrons. The molecule has 7 heteroatoms. The van der Waals surface area contributed by atoms with Crippen molar-refractivity contribution in [2.45, 2.75) is 55.4 Å². The summed E-state index contributed by atoms with van der Waals surface area (Å²) in [4.78, 5) is 0. The van der Waals surface area contributed by atoms with Crippen LogP contribution in [0.1, 0.15) is 39.0 Å². The molecule has 1 aliphatic heterocycles. The predicted octanol–water partition coefficient (Wildman–Crippen LogP) is 0.326. The summed E-state index contributed by atoms with van der Waals surface area (Å²) in [5.41, 5.74) is -1.22. The van der Waals surface area contributed by atoms with Gasteiger partial charge in [0.15, 0.2) is 11.2 Å². The first-order chi connectivity index (χ1) is 11.4. The Hall–Kier alpha value is -1.45. The summed E-state index contributed by atoms with van der Waals surface area (Å²) in [6.07, 6.45) is 2.97. The Morgan fingerprint density at radius 1 is 1.12 bits per heavy atom. The molecule has 1 saturated carbocycles. The number of aliphatic hydroxyl groups is 1. The predicted molar refractivity (Wildman–Crippen MR) is 94.4 cm³/mol. The van der Waals surface area contributed by atoms with Crippen molar-refractivity contribution in [1.29, 1.82) is 10.5 Å². The van der Waals surface area contributed by atoms with Gasteiger partial charge < -0.3 is 14.6 Å². The third kappa shape index (κ3) is 2.74. The number of nitrogens with zero attached hydrogens (tertiary/aromatic N) is 2. The van der Waals surface area contributed by atoms with E-state index in [0.29, 0.717) is 32.5 Å². The van der Waals surface area contributed by atoms with Gasteiger partial charge in [-0.05, 0) is 18.2 Å². The van der Waals surface area contributed by atoms with Crippen molar-refractivity contribution in [2.24, 2.45) is 5.41 Å².